The summed E-state index contributed by atoms with van der Waals surface area (Å²) in [5.74, 6) is 0. The Morgan fingerprint density at radius 2 is 2.05 bits per heavy atom. The Morgan fingerprint density at radius 1 is 1.37 bits per heavy atom. The van der Waals surface area contributed by atoms with E-state index in [2.05, 4.69) is 0 Å². The molecule has 0 saturated carbocycles. The molecule has 1 atom stereocenters. The van der Waals surface area contributed by atoms with E-state index < -0.39 is 0 Å². The number of rotatable bonds is 5. The first-order valence-electron chi connectivity index (χ1n) is 6.45. The van der Waals surface area contributed by atoms with Gasteiger partial charge in [-0.05, 0) is 24.1 Å². The van der Waals surface area contributed by atoms with Gasteiger partial charge in [-0.25, -0.2) is 4.79 Å². The number of nitrogens with two attached hydrogens (primary N) is 1. The van der Waals surface area contributed by atoms with Crippen LogP contribution in [-0.2, 0) is 22.4 Å². The molecule has 1 amide bonds. The Balaban J connectivity index is 1.97. The predicted molar refractivity (Wildman–Crippen MR) is 71.8 cm³/mol. The van der Waals surface area contributed by atoms with E-state index in [-0.39, 0.29) is 12.2 Å². The quantitative estimate of drug-likeness (QED) is 0.866. The zero-order valence-electron chi connectivity index (χ0n) is 11.2. The summed E-state index contributed by atoms with van der Waals surface area (Å²) in [5, 5.41) is 0. The van der Waals surface area contributed by atoms with Crippen LogP contribution in [0.4, 0.5) is 4.79 Å². The van der Waals surface area contributed by atoms with E-state index >= 15 is 0 Å². The average molecular weight is 264 g/mol. The molecule has 1 saturated heterocycles. The van der Waals surface area contributed by atoms with E-state index in [9.17, 15) is 4.79 Å². The molecular weight excluding hydrogens is 244 g/mol. The van der Waals surface area contributed by atoms with E-state index in [4.69, 9.17) is 15.2 Å². The molecule has 1 aliphatic heterocycles. The van der Waals surface area contributed by atoms with Crippen LogP contribution >= 0.6 is 0 Å². The van der Waals surface area contributed by atoms with Gasteiger partial charge in [-0.15, -0.1) is 0 Å². The number of hydrogen-bond donors (Lipinski definition) is 1. The van der Waals surface area contributed by atoms with Crippen LogP contribution < -0.4 is 5.73 Å². The first kappa shape index (κ1) is 13.8. The lowest BCUT2D eigenvalue weighted by Gasteiger charge is -2.31. The molecule has 0 aliphatic carbocycles. The zero-order valence-corrected chi connectivity index (χ0v) is 11.2. The Hall–Kier alpha value is -1.59. The smallest absolute Gasteiger partial charge is 0.410 e. The highest BCUT2D eigenvalue weighted by Gasteiger charge is 2.26. The van der Waals surface area contributed by atoms with Gasteiger partial charge in [-0.1, -0.05) is 24.3 Å². The number of carbonyl (C=O) groups is 1. The Kier molecular flexibility index (Phi) is 4.76. The minimum absolute atomic E-state index is 0.0470. The van der Waals surface area contributed by atoms with Gasteiger partial charge >= 0.3 is 6.09 Å². The minimum atomic E-state index is -0.278. The molecule has 19 heavy (non-hydrogen) atoms. The van der Waals surface area contributed by atoms with Gasteiger partial charge in [0.05, 0.1) is 6.54 Å². The monoisotopic (exact) mass is 264 g/mol. The molecule has 104 valence electrons. The third kappa shape index (κ3) is 3.68. The van der Waals surface area contributed by atoms with Crippen molar-refractivity contribution in [3.05, 3.63) is 35.4 Å². The van der Waals surface area contributed by atoms with Crippen molar-refractivity contribution in [3.63, 3.8) is 0 Å². The lowest BCUT2D eigenvalue weighted by molar-refractivity contribution is -0.0288. The highest BCUT2D eigenvalue weighted by Crippen LogP contribution is 2.13. The molecule has 1 aromatic rings. The number of cyclic esters (lactones) is 1. The van der Waals surface area contributed by atoms with Crippen LogP contribution in [0.25, 0.3) is 0 Å². The van der Waals surface area contributed by atoms with Crippen molar-refractivity contribution in [1.82, 2.24) is 4.90 Å². The molecule has 1 heterocycles. The van der Waals surface area contributed by atoms with E-state index in [0.29, 0.717) is 26.2 Å². The third-order valence-corrected chi connectivity index (χ3v) is 3.24. The maximum Gasteiger partial charge on any atom is 0.410 e. The minimum Gasteiger partial charge on any atom is -0.447 e. The number of nitrogens with zero attached hydrogens (tertiary/aromatic N) is 1. The van der Waals surface area contributed by atoms with Gasteiger partial charge in [0, 0.05) is 13.7 Å². The summed E-state index contributed by atoms with van der Waals surface area (Å²) in [6.07, 6.45) is 0.547. The van der Waals surface area contributed by atoms with Crippen LogP contribution in [0.2, 0.25) is 0 Å². The average Bonchev–Trinajstić information content (AvgIpc) is 2.44. The lowest BCUT2D eigenvalue weighted by Crippen LogP contribution is -2.46. The van der Waals surface area contributed by atoms with E-state index in [0.717, 1.165) is 12.0 Å². The van der Waals surface area contributed by atoms with Crippen molar-refractivity contribution >= 4 is 6.09 Å². The van der Waals surface area contributed by atoms with Crippen molar-refractivity contribution in [2.45, 2.75) is 19.1 Å². The standard InChI is InChI=1S/C14H20N2O3/c1-18-13-9-16(14(17)19-10-13)8-12-4-2-11(3-5-12)6-7-15/h2-5,13H,6-10,15H2,1H3/t13-/m0/s1. The number of methoxy groups -OCH3 is 1. The van der Waals surface area contributed by atoms with Crippen LogP contribution in [-0.4, -0.2) is 43.9 Å². The molecule has 2 rings (SSSR count). The second-order valence-electron chi connectivity index (χ2n) is 4.67. The molecule has 1 fully saturated rings. The van der Waals surface area contributed by atoms with Crippen LogP contribution in [0.15, 0.2) is 24.3 Å². The SMILES string of the molecule is CO[C@@H]1COC(=O)N(Cc2ccc(CCN)cc2)C1. The fourth-order valence-electron chi connectivity index (χ4n) is 2.10. The van der Waals surface area contributed by atoms with Gasteiger partial charge in [0.1, 0.15) is 12.7 Å². The summed E-state index contributed by atoms with van der Waals surface area (Å²) in [6, 6.07) is 8.14. The number of amides is 1. The molecule has 0 unspecified atom stereocenters. The lowest BCUT2D eigenvalue weighted by atomic mass is 10.1. The second kappa shape index (κ2) is 6.54. The zero-order chi connectivity index (χ0) is 13.7. The number of ether oxygens (including phenoxy) is 2. The van der Waals surface area contributed by atoms with Gasteiger partial charge in [0.25, 0.3) is 0 Å². The summed E-state index contributed by atoms with van der Waals surface area (Å²) in [7, 11) is 1.63. The Labute approximate surface area is 113 Å². The van der Waals surface area contributed by atoms with Crippen LogP contribution in [0, 0.1) is 0 Å². The van der Waals surface area contributed by atoms with Crippen molar-refractivity contribution < 1.29 is 14.3 Å². The molecular formula is C14H20N2O3. The van der Waals surface area contributed by atoms with Gasteiger partial charge in [0.2, 0.25) is 0 Å². The number of carbonyl (C=O) groups excluding carboxylic acids is 1. The van der Waals surface area contributed by atoms with Crippen molar-refractivity contribution in [2.75, 3.05) is 26.8 Å². The summed E-state index contributed by atoms with van der Waals surface area (Å²) >= 11 is 0. The molecule has 0 bridgehead atoms. The fraction of sp³-hybridized carbons (Fsp3) is 0.500. The van der Waals surface area contributed by atoms with E-state index in [1.54, 1.807) is 12.0 Å². The van der Waals surface area contributed by atoms with Crippen LogP contribution in [0.3, 0.4) is 0 Å². The summed E-state index contributed by atoms with van der Waals surface area (Å²) in [4.78, 5) is 13.3. The molecule has 5 nitrogen and oxygen atoms in total. The molecule has 1 aliphatic rings. The third-order valence-electron chi connectivity index (χ3n) is 3.24. The highest BCUT2D eigenvalue weighted by molar-refractivity contribution is 5.68. The number of hydrogen-bond acceptors (Lipinski definition) is 4. The summed E-state index contributed by atoms with van der Waals surface area (Å²) < 4.78 is 10.3. The maximum absolute atomic E-state index is 11.7. The van der Waals surface area contributed by atoms with Crippen molar-refractivity contribution in [3.8, 4) is 0 Å². The molecule has 0 radical (unpaired) electrons. The largest absolute Gasteiger partial charge is 0.447 e. The normalized spacial score (nSPS) is 19.4. The molecule has 1 aromatic carbocycles. The van der Waals surface area contributed by atoms with Gasteiger partial charge in [-0.3, -0.25) is 0 Å². The van der Waals surface area contributed by atoms with Gasteiger partial charge in [-0.2, -0.15) is 0 Å². The fourth-order valence-corrected chi connectivity index (χ4v) is 2.10. The maximum atomic E-state index is 11.7. The highest BCUT2D eigenvalue weighted by atomic mass is 16.6. The van der Waals surface area contributed by atoms with Crippen LogP contribution in [0.5, 0.6) is 0 Å². The van der Waals surface area contributed by atoms with Crippen molar-refractivity contribution in [2.24, 2.45) is 5.73 Å². The van der Waals surface area contributed by atoms with E-state index in [1.807, 2.05) is 24.3 Å². The summed E-state index contributed by atoms with van der Waals surface area (Å²) in [6.45, 7) is 2.09. The molecule has 2 N–H and O–H groups in total. The first-order chi connectivity index (χ1) is 9.22. The van der Waals surface area contributed by atoms with Crippen molar-refractivity contribution in [1.29, 1.82) is 0 Å². The molecule has 0 aromatic heterocycles. The Morgan fingerprint density at radius 3 is 2.68 bits per heavy atom. The van der Waals surface area contributed by atoms with Gasteiger partial charge in [0.15, 0.2) is 0 Å². The number of benzene rings is 1. The molecule has 5 heteroatoms. The Bertz CT molecular complexity index is 419. The van der Waals surface area contributed by atoms with E-state index in [1.165, 1.54) is 5.56 Å². The summed E-state index contributed by atoms with van der Waals surface area (Å²) in [5.41, 5.74) is 7.80. The predicted octanol–water partition coefficient (Wildman–Crippen LogP) is 1.16. The van der Waals surface area contributed by atoms with Gasteiger partial charge < -0.3 is 20.1 Å². The topological polar surface area (TPSA) is 64.8 Å². The first-order valence-corrected chi connectivity index (χ1v) is 6.45. The molecule has 0 spiro atoms. The second-order valence-corrected chi connectivity index (χ2v) is 4.67. The van der Waals surface area contributed by atoms with Crippen LogP contribution in [0.1, 0.15) is 11.1 Å².